The molecular weight excluding hydrogens is 268 g/mol. The van der Waals surface area contributed by atoms with Crippen LogP contribution in [0.4, 0.5) is 4.79 Å². The average Bonchev–Trinajstić information content (AvgIpc) is 2.42. The van der Waals surface area contributed by atoms with Gasteiger partial charge in [-0.05, 0) is 33.3 Å². The van der Waals surface area contributed by atoms with Crippen LogP contribution in [-0.2, 0) is 10.3 Å². The number of aliphatic hydroxyl groups is 1. The molecule has 0 saturated carbocycles. The van der Waals surface area contributed by atoms with E-state index in [0.29, 0.717) is 13.1 Å². The van der Waals surface area contributed by atoms with Crippen molar-refractivity contribution >= 4 is 6.09 Å². The Morgan fingerprint density at radius 3 is 2.29 bits per heavy atom. The lowest BCUT2D eigenvalue weighted by Crippen LogP contribution is -2.46. The standard InChI is InChI=1S/C16H26N2O3/c1-15(2,3)21-14(20)17-10-11-18-16(4,12-19)13-8-6-5-7-9-13/h5-9,18-19H,10-12H2,1-4H3,(H,17,20). The van der Waals surface area contributed by atoms with Crippen LogP contribution < -0.4 is 10.6 Å². The number of benzene rings is 1. The number of nitrogens with one attached hydrogen (secondary N) is 2. The summed E-state index contributed by atoms with van der Waals surface area (Å²) >= 11 is 0. The number of amides is 1. The lowest BCUT2D eigenvalue weighted by Gasteiger charge is -2.29. The van der Waals surface area contributed by atoms with Gasteiger partial charge in [-0.2, -0.15) is 0 Å². The van der Waals surface area contributed by atoms with Crippen LogP contribution in [0.2, 0.25) is 0 Å². The number of carbonyl (C=O) groups excluding carboxylic acids is 1. The van der Waals surface area contributed by atoms with Gasteiger partial charge in [-0.1, -0.05) is 30.3 Å². The van der Waals surface area contributed by atoms with E-state index >= 15 is 0 Å². The van der Waals surface area contributed by atoms with Gasteiger partial charge in [0.25, 0.3) is 0 Å². The third-order valence-electron chi connectivity index (χ3n) is 3.04. The van der Waals surface area contributed by atoms with E-state index < -0.39 is 17.2 Å². The molecule has 0 fully saturated rings. The second-order valence-electron chi connectivity index (χ2n) is 6.21. The summed E-state index contributed by atoms with van der Waals surface area (Å²) in [7, 11) is 0. The molecule has 3 N–H and O–H groups in total. The van der Waals surface area contributed by atoms with Crippen LogP contribution in [0, 0.1) is 0 Å². The zero-order valence-electron chi connectivity index (χ0n) is 13.3. The quantitative estimate of drug-likeness (QED) is 0.702. The summed E-state index contributed by atoms with van der Waals surface area (Å²) in [5.74, 6) is 0. The maximum Gasteiger partial charge on any atom is 0.407 e. The third-order valence-corrected chi connectivity index (χ3v) is 3.04. The molecule has 1 unspecified atom stereocenters. The van der Waals surface area contributed by atoms with E-state index in [-0.39, 0.29) is 6.61 Å². The number of hydrogen-bond donors (Lipinski definition) is 3. The van der Waals surface area contributed by atoms with E-state index in [9.17, 15) is 9.90 Å². The zero-order valence-corrected chi connectivity index (χ0v) is 13.3. The van der Waals surface area contributed by atoms with Gasteiger partial charge >= 0.3 is 6.09 Å². The summed E-state index contributed by atoms with van der Waals surface area (Å²) in [5, 5.41) is 15.6. The SMILES string of the molecule is CC(C)(C)OC(=O)NCCNC(C)(CO)c1ccccc1. The number of alkyl carbamates (subject to hydrolysis) is 1. The van der Waals surface area contributed by atoms with Gasteiger partial charge in [0.2, 0.25) is 0 Å². The molecule has 0 aliphatic heterocycles. The number of aliphatic hydroxyl groups excluding tert-OH is 1. The minimum Gasteiger partial charge on any atom is -0.444 e. The fourth-order valence-corrected chi connectivity index (χ4v) is 1.87. The van der Waals surface area contributed by atoms with Gasteiger partial charge in [0.15, 0.2) is 0 Å². The largest absolute Gasteiger partial charge is 0.444 e. The lowest BCUT2D eigenvalue weighted by molar-refractivity contribution is 0.0526. The highest BCUT2D eigenvalue weighted by molar-refractivity contribution is 5.67. The van der Waals surface area contributed by atoms with E-state index in [1.165, 1.54) is 0 Å². The number of hydrogen-bond acceptors (Lipinski definition) is 4. The molecule has 0 aromatic heterocycles. The number of ether oxygens (including phenoxy) is 1. The van der Waals surface area contributed by atoms with Crippen LogP contribution in [-0.4, -0.2) is 36.5 Å². The zero-order chi connectivity index (χ0) is 15.9. The van der Waals surface area contributed by atoms with Crippen molar-refractivity contribution in [3.63, 3.8) is 0 Å². The minimum absolute atomic E-state index is 0.0244. The van der Waals surface area contributed by atoms with Crippen molar-refractivity contribution in [2.45, 2.75) is 38.8 Å². The van der Waals surface area contributed by atoms with Crippen molar-refractivity contribution < 1.29 is 14.6 Å². The van der Waals surface area contributed by atoms with Crippen molar-refractivity contribution in [1.29, 1.82) is 0 Å². The molecule has 118 valence electrons. The Labute approximate surface area is 126 Å². The Morgan fingerprint density at radius 1 is 1.14 bits per heavy atom. The molecule has 1 aromatic carbocycles. The van der Waals surface area contributed by atoms with Crippen LogP contribution in [0.25, 0.3) is 0 Å². The molecule has 0 radical (unpaired) electrons. The smallest absolute Gasteiger partial charge is 0.407 e. The highest BCUT2D eigenvalue weighted by Gasteiger charge is 2.24. The average molecular weight is 294 g/mol. The molecule has 0 aliphatic rings. The molecule has 1 amide bonds. The lowest BCUT2D eigenvalue weighted by atomic mass is 9.93. The van der Waals surface area contributed by atoms with Crippen LogP contribution in [0.5, 0.6) is 0 Å². The van der Waals surface area contributed by atoms with Crippen molar-refractivity contribution in [1.82, 2.24) is 10.6 Å². The van der Waals surface area contributed by atoms with Gasteiger partial charge in [0.05, 0.1) is 12.1 Å². The second-order valence-corrected chi connectivity index (χ2v) is 6.21. The molecule has 1 atom stereocenters. The summed E-state index contributed by atoms with van der Waals surface area (Å²) in [6.45, 7) is 8.33. The predicted octanol–water partition coefficient (Wildman–Crippen LogP) is 2.01. The Morgan fingerprint density at radius 2 is 1.76 bits per heavy atom. The first kappa shape index (κ1) is 17.5. The van der Waals surface area contributed by atoms with Crippen molar-refractivity contribution in [3.05, 3.63) is 35.9 Å². The third kappa shape index (κ3) is 6.14. The first-order valence-corrected chi connectivity index (χ1v) is 7.15. The molecule has 5 nitrogen and oxygen atoms in total. The molecular formula is C16H26N2O3. The van der Waals surface area contributed by atoms with E-state index in [4.69, 9.17) is 4.74 Å². The molecule has 1 rings (SSSR count). The maximum atomic E-state index is 11.5. The first-order valence-electron chi connectivity index (χ1n) is 7.15. The van der Waals surface area contributed by atoms with E-state index in [1.54, 1.807) is 0 Å². The van der Waals surface area contributed by atoms with E-state index in [2.05, 4.69) is 10.6 Å². The number of carbonyl (C=O) groups is 1. The van der Waals surface area contributed by atoms with Gasteiger partial charge in [0, 0.05) is 13.1 Å². The van der Waals surface area contributed by atoms with Crippen LogP contribution >= 0.6 is 0 Å². The first-order chi connectivity index (χ1) is 9.77. The normalized spacial score (nSPS) is 14.3. The molecule has 0 bridgehead atoms. The van der Waals surface area contributed by atoms with Crippen molar-refractivity contribution in [2.75, 3.05) is 19.7 Å². The summed E-state index contributed by atoms with van der Waals surface area (Å²) in [4.78, 5) is 11.5. The van der Waals surface area contributed by atoms with Crippen molar-refractivity contribution in [2.24, 2.45) is 0 Å². The van der Waals surface area contributed by atoms with Crippen LogP contribution in [0.1, 0.15) is 33.3 Å². The molecule has 0 spiro atoms. The molecule has 5 heteroatoms. The summed E-state index contributed by atoms with van der Waals surface area (Å²) in [6, 6.07) is 9.73. The predicted molar refractivity (Wildman–Crippen MR) is 83.1 cm³/mol. The summed E-state index contributed by atoms with van der Waals surface area (Å²) in [6.07, 6.45) is -0.435. The molecule has 0 saturated heterocycles. The monoisotopic (exact) mass is 294 g/mol. The van der Waals surface area contributed by atoms with Gasteiger partial charge in [-0.15, -0.1) is 0 Å². The molecule has 0 aliphatic carbocycles. The highest BCUT2D eigenvalue weighted by Crippen LogP contribution is 2.19. The van der Waals surface area contributed by atoms with Crippen LogP contribution in [0.3, 0.4) is 0 Å². The molecule has 1 aromatic rings. The topological polar surface area (TPSA) is 70.6 Å². The minimum atomic E-state index is -0.531. The van der Waals surface area contributed by atoms with E-state index in [1.807, 2.05) is 58.0 Å². The Hall–Kier alpha value is -1.59. The van der Waals surface area contributed by atoms with Gasteiger partial charge in [0.1, 0.15) is 5.60 Å². The second kappa shape index (κ2) is 7.43. The molecule has 0 heterocycles. The highest BCUT2D eigenvalue weighted by atomic mass is 16.6. The number of rotatable bonds is 6. The Kier molecular flexibility index (Phi) is 6.18. The fourth-order valence-electron chi connectivity index (χ4n) is 1.87. The van der Waals surface area contributed by atoms with Crippen LogP contribution in [0.15, 0.2) is 30.3 Å². The van der Waals surface area contributed by atoms with Crippen molar-refractivity contribution in [3.8, 4) is 0 Å². The van der Waals surface area contributed by atoms with Gasteiger partial charge < -0.3 is 20.5 Å². The maximum absolute atomic E-state index is 11.5. The van der Waals surface area contributed by atoms with E-state index in [0.717, 1.165) is 5.56 Å². The summed E-state index contributed by atoms with van der Waals surface area (Å²) < 4.78 is 5.15. The summed E-state index contributed by atoms with van der Waals surface area (Å²) in [5.41, 5.74) is -0.0253. The Bertz CT molecular complexity index is 443. The molecule has 21 heavy (non-hydrogen) atoms. The van der Waals surface area contributed by atoms with Gasteiger partial charge in [-0.25, -0.2) is 4.79 Å². The Balaban J connectivity index is 2.42. The van der Waals surface area contributed by atoms with Gasteiger partial charge in [-0.3, -0.25) is 0 Å². The fraction of sp³-hybridized carbons (Fsp3) is 0.562.